The Morgan fingerprint density at radius 3 is 2.53 bits per heavy atom. The molecule has 0 aliphatic rings. The fraction of sp³-hybridized carbons (Fsp3) is 0.500. The number of aryl methyl sites for hydroxylation is 2. The fourth-order valence-corrected chi connectivity index (χ4v) is 3.71. The number of thiophene rings is 1. The molecule has 0 bridgehead atoms. The molecule has 1 unspecified atom stereocenters. The predicted octanol–water partition coefficient (Wildman–Crippen LogP) is 1.43. The van der Waals surface area contributed by atoms with Crippen LogP contribution >= 0.6 is 11.3 Å². The maximum absolute atomic E-state index is 11.5. The molecule has 5 nitrogen and oxygen atoms in total. The van der Waals surface area contributed by atoms with Crippen LogP contribution in [0.2, 0.25) is 0 Å². The van der Waals surface area contributed by atoms with Crippen LogP contribution in [-0.2, 0) is 14.8 Å². The second-order valence-electron chi connectivity index (χ2n) is 3.86. The van der Waals surface area contributed by atoms with Gasteiger partial charge in [0.15, 0.2) is 5.75 Å². The summed E-state index contributed by atoms with van der Waals surface area (Å²) < 4.78 is 25.3. The molecule has 0 aromatic carbocycles. The highest BCUT2D eigenvalue weighted by molar-refractivity contribution is 7.90. The van der Waals surface area contributed by atoms with Crippen molar-refractivity contribution in [1.82, 2.24) is 4.72 Å². The Balaban J connectivity index is 2.83. The van der Waals surface area contributed by atoms with Crippen LogP contribution in [-0.4, -0.2) is 25.2 Å². The maximum Gasteiger partial charge on any atom is 0.320 e. The molecule has 0 saturated carbocycles. The van der Waals surface area contributed by atoms with Crippen molar-refractivity contribution >= 4 is 27.3 Å². The van der Waals surface area contributed by atoms with Crippen LogP contribution in [0.25, 0.3) is 0 Å². The van der Waals surface area contributed by atoms with Crippen LogP contribution < -0.4 is 4.72 Å². The van der Waals surface area contributed by atoms with Crippen molar-refractivity contribution in [2.75, 3.05) is 5.75 Å². The average molecular weight is 277 g/mol. The molecule has 17 heavy (non-hydrogen) atoms. The standard InChI is InChI=1S/C10H15NO4S2/c1-6-4-9(8(3)16-6)7(2)11-17(14,15)5-10(12)13/h4,7,11H,5H2,1-3H3,(H,12,13). The molecule has 2 N–H and O–H groups in total. The topological polar surface area (TPSA) is 83.5 Å². The summed E-state index contributed by atoms with van der Waals surface area (Å²) in [4.78, 5) is 12.5. The van der Waals surface area contributed by atoms with Gasteiger partial charge in [-0.05, 0) is 32.4 Å². The van der Waals surface area contributed by atoms with Crippen molar-refractivity contribution < 1.29 is 18.3 Å². The Bertz CT molecular complexity index is 518. The summed E-state index contributed by atoms with van der Waals surface area (Å²) in [6.07, 6.45) is 0. The van der Waals surface area contributed by atoms with Crippen molar-refractivity contribution in [3.8, 4) is 0 Å². The number of hydrogen-bond acceptors (Lipinski definition) is 4. The SMILES string of the molecule is Cc1cc(C(C)NS(=O)(=O)CC(=O)O)c(C)s1. The van der Waals surface area contributed by atoms with Gasteiger partial charge in [0.05, 0.1) is 0 Å². The highest BCUT2D eigenvalue weighted by atomic mass is 32.2. The molecule has 1 aromatic heterocycles. The Morgan fingerprint density at radius 1 is 1.53 bits per heavy atom. The van der Waals surface area contributed by atoms with Crippen LogP contribution in [0.4, 0.5) is 0 Å². The molecule has 1 rings (SSSR count). The average Bonchev–Trinajstić information content (AvgIpc) is 2.41. The van der Waals surface area contributed by atoms with Crippen molar-refractivity contribution in [3.63, 3.8) is 0 Å². The van der Waals surface area contributed by atoms with Crippen LogP contribution in [0.1, 0.15) is 28.3 Å². The minimum atomic E-state index is -3.78. The minimum absolute atomic E-state index is 0.413. The van der Waals surface area contributed by atoms with Crippen LogP contribution in [0.3, 0.4) is 0 Å². The summed E-state index contributed by atoms with van der Waals surface area (Å²) in [6.45, 7) is 5.56. The first kappa shape index (κ1) is 14.1. The number of aliphatic carboxylic acids is 1. The molecule has 1 heterocycles. The van der Waals surface area contributed by atoms with Gasteiger partial charge in [-0.25, -0.2) is 13.1 Å². The molecule has 0 radical (unpaired) electrons. The van der Waals surface area contributed by atoms with Gasteiger partial charge in [0, 0.05) is 15.8 Å². The van der Waals surface area contributed by atoms with E-state index in [1.165, 1.54) is 0 Å². The summed E-state index contributed by atoms with van der Waals surface area (Å²) in [6, 6.07) is 1.50. The van der Waals surface area contributed by atoms with Crippen molar-refractivity contribution in [1.29, 1.82) is 0 Å². The molecule has 0 saturated heterocycles. The quantitative estimate of drug-likeness (QED) is 0.853. The Kier molecular flexibility index (Phi) is 4.29. The molecular weight excluding hydrogens is 262 g/mol. The monoisotopic (exact) mass is 277 g/mol. The van der Waals surface area contributed by atoms with Gasteiger partial charge >= 0.3 is 5.97 Å². The highest BCUT2D eigenvalue weighted by Gasteiger charge is 2.20. The van der Waals surface area contributed by atoms with E-state index < -0.39 is 27.8 Å². The van der Waals surface area contributed by atoms with Crippen LogP contribution in [0, 0.1) is 13.8 Å². The van der Waals surface area contributed by atoms with Gasteiger partial charge < -0.3 is 5.11 Å². The van der Waals surface area contributed by atoms with Gasteiger partial charge in [-0.1, -0.05) is 0 Å². The smallest absolute Gasteiger partial charge is 0.320 e. The van der Waals surface area contributed by atoms with Gasteiger partial charge in [-0.2, -0.15) is 0 Å². The lowest BCUT2D eigenvalue weighted by Crippen LogP contribution is -2.32. The van der Waals surface area contributed by atoms with Gasteiger partial charge in [-0.3, -0.25) is 4.79 Å². The summed E-state index contributed by atoms with van der Waals surface area (Å²) in [7, 11) is -3.78. The number of carbonyl (C=O) groups is 1. The number of hydrogen-bond donors (Lipinski definition) is 2. The number of rotatable bonds is 5. The molecule has 1 atom stereocenters. The molecule has 0 amide bonds. The third kappa shape index (κ3) is 4.10. The summed E-state index contributed by atoms with van der Waals surface area (Å²) >= 11 is 1.59. The third-order valence-corrected chi connectivity index (χ3v) is 4.54. The van der Waals surface area contributed by atoms with Gasteiger partial charge in [0.25, 0.3) is 0 Å². The molecule has 0 fully saturated rings. The van der Waals surface area contributed by atoms with Crippen LogP contribution in [0.5, 0.6) is 0 Å². The first-order chi connectivity index (χ1) is 7.71. The van der Waals surface area contributed by atoms with Gasteiger partial charge in [-0.15, -0.1) is 11.3 Å². The minimum Gasteiger partial charge on any atom is -0.480 e. The number of nitrogens with one attached hydrogen (secondary N) is 1. The maximum atomic E-state index is 11.5. The molecule has 0 aliphatic carbocycles. The lowest BCUT2D eigenvalue weighted by atomic mass is 10.1. The van der Waals surface area contributed by atoms with Gasteiger partial charge in [0.1, 0.15) is 0 Å². The van der Waals surface area contributed by atoms with E-state index in [0.29, 0.717) is 0 Å². The number of carboxylic acid groups (broad SMARTS) is 1. The summed E-state index contributed by atoms with van der Waals surface area (Å²) in [5, 5.41) is 8.47. The van der Waals surface area contributed by atoms with E-state index in [-0.39, 0.29) is 0 Å². The number of sulfonamides is 1. The molecule has 1 aromatic rings. The normalized spacial score (nSPS) is 13.6. The van der Waals surface area contributed by atoms with E-state index in [9.17, 15) is 13.2 Å². The number of carboxylic acids is 1. The Morgan fingerprint density at radius 2 is 2.12 bits per heavy atom. The van der Waals surface area contributed by atoms with E-state index in [1.54, 1.807) is 18.3 Å². The van der Waals surface area contributed by atoms with Crippen molar-refractivity contribution in [2.24, 2.45) is 0 Å². The van der Waals surface area contributed by atoms with Crippen LogP contribution in [0.15, 0.2) is 6.07 Å². The van der Waals surface area contributed by atoms with E-state index in [1.807, 2.05) is 19.9 Å². The zero-order chi connectivity index (χ0) is 13.2. The van der Waals surface area contributed by atoms with Crippen molar-refractivity contribution in [3.05, 3.63) is 21.4 Å². The van der Waals surface area contributed by atoms with E-state index >= 15 is 0 Å². The zero-order valence-electron chi connectivity index (χ0n) is 9.85. The largest absolute Gasteiger partial charge is 0.480 e. The lowest BCUT2D eigenvalue weighted by Gasteiger charge is -2.13. The molecular formula is C10H15NO4S2. The first-order valence-electron chi connectivity index (χ1n) is 5.00. The Hall–Kier alpha value is -0.920. The van der Waals surface area contributed by atoms with Crippen molar-refractivity contribution in [2.45, 2.75) is 26.8 Å². The fourth-order valence-electron chi connectivity index (χ4n) is 1.62. The highest BCUT2D eigenvalue weighted by Crippen LogP contribution is 2.26. The first-order valence-corrected chi connectivity index (χ1v) is 7.47. The second kappa shape index (κ2) is 5.16. The van der Waals surface area contributed by atoms with E-state index in [0.717, 1.165) is 15.3 Å². The summed E-state index contributed by atoms with van der Waals surface area (Å²) in [5.41, 5.74) is 0.890. The second-order valence-corrected chi connectivity index (χ2v) is 7.08. The van der Waals surface area contributed by atoms with Gasteiger partial charge in [0.2, 0.25) is 10.0 Å². The molecule has 0 spiro atoms. The third-order valence-electron chi connectivity index (χ3n) is 2.22. The van der Waals surface area contributed by atoms with E-state index in [2.05, 4.69) is 4.72 Å². The predicted molar refractivity (Wildman–Crippen MR) is 66.8 cm³/mol. The Labute approximate surface area is 105 Å². The zero-order valence-corrected chi connectivity index (χ0v) is 11.5. The molecule has 96 valence electrons. The summed E-state index contributed by atoms with van der Waals surface area (Å²) in [5.74, 6) is -2.26. The molecule has 7 heteroatoms. The van der Waals surface area contributed by atoms with E-state index in [4.69, 9.17) is 5.11 Å². The molecule has 0 aliphatic heterocycles. The lowest BCUT2D eigenvalue weighted by molar-refractivity contribution is -0.134.